The standard InChI is InChI=1S/C20H22N4OS.ClH/c1-20(13-21)9-10-23(14-20)19(25)16-12-17(18-8-5-11-26-18)24(22-16)15-6-3-2-4-7-15;/h2-8,11-12H,9-10,13-14,21H2,1H3;1H. The molecule has 5 nitrogen and oxygen atoms in total. The molecule has 1 saturated heterocycles. The summed E-state index contributed by atoms with van der Waals surface area (Å²) in [6, 6.07) is 15.9. The number of para-hydroxylation sites is 1. The predicted molar refractivity (Wildman–Crippen MR) is 112 cm³/mol. The molecular formula is C20H23ClN4OS. The van der Waals surface area contributed by atoms with Crippen molar-refractivity contribution in [3.05, 3.63) is 59.6 Å². The molecule has 0 radical (unpaired) electrons. The van der Waals surface area contributed by atoms with Gasteiger partial charge in [-0.1, -0.05) is 31.2 Å². The van der Waals surface area contributed by atoms with E-state index in [1.165, 1.54) is 0 Å². The molecule has 3 aromatic rings. The number of hydrogen-bond donors (Lipinski definition) is 1. The highest BCUT2D eigenvalue weighted by atomic mass is 35.5. The molecule has 1 aromatic carbocycles. The third kappa shape index (κ3) is 3.78. The molecule has 7 heteroatoms. The lowest BCUT2D eigenvalue weighted by atomic mass is 9.90. The van der Waals surface area contributed by atoms with E-state index in [2.05, 4.69) is 18.1 Å². The Labute approximate surface area is 169 Å². The number of rotatable bonds is 4. The highest BCUT2D eigenvalue weighted by molar-refractivity contribution is 7.13. The molecule has 4 rings (SSSR count). The van der Waals surface area contributed by atoms with Gasteiger partial charge < -0.3 is 10.6 Å². The van der Waals surface area contributed by atoms with Crippen LogP contribution in [0.4, 0.5) is 0 Å². The molecule has 0 spiro atoms. The van der Waals surface area contributed by atoms with E-state index in [-0.39, 0.29) is 23.7 Å². The van der Waals surface area contributed by atoms with Gasteiger partial charge in [-0.3, -0.25) is 4.79 Å². The van der Waals surface area contributed by atoms with E-state index in [1.807, 2.05) is 57.4 Å². The first-order chi connectivity index (χ1) is 12.6. The smallest absolute Gasteiger partial charge is 0.274 e. The molecule has 0 bridgehead atoms. The number of benzene rings is 1. The molecule has 0 aliphatic carbocycles. The number of halogens is 1. The highest BCUT2D eigenvalue weighted by Gasteiger charge is 2.36. The average Bonchev–Trinajstić information content (AvgIpc) is 3.41. The van der Waals surface area contributed by atoms with Crippen LogP contribution < -0.4 is 5.73 Å². The molecule has 1 atom stereocenters. The number of amides is 1. The summed E-state index contributed by atoms with van der Waals surface area (Å²) in [7, 11) is 0. The first-order valence-corrected chi connectivity index (χ1v) is 9.66. The summed E-state index contributed by atoms with van der Waals surface area (Å²) in [5.74, 6) is -0.0188. The van der Waals surface area contributed by atoms with Crippen molar-refractivity contribution in [1.29, 1.82) is 0 Å². The number of nitrogens with zero attached hydrogens (tertiary/aromatic N) is 3. The molecule has 0 saturated carbocycles. The van der Waals surface area contributed by atoms with Gasteiger partial charge in [-0.15, -0.1) is 23.7 Å². The topological polar surface area (TPSA) is 64.2 Å². The Morgan fingerprint density at radius 2 is 2.04 bits per heavy atom. The third-order valence-corrected chi connectivity index (χ3v) is 5.93. The van der Waals surface area contributed by atoms with Gasteiger partial charge in [0, 0.05) is 13.1 Å². The quantitative estimate of drug-likeness (QED) is 0.721. The van der Waals surface area contributed by atoms with E-state index in [1.54, 1.807) is 11.3 Å². The Hall–Kier alpha value is -2.15. The minimum Gasteiger partial charge on any atom is -0.337 e. The van der Waals surface area contributed by atoms with Gasteiger partial charge in [-0.2, -0.15) is 5.10 Å². The Balaban J connectivity index is 0.00000210. The monoisotopic (exact) mass is 402 g/mol. The lowest BCUT2D eigenvalue weighted by Crippen LogP contribution is -2.34. The Bertz CT molecular complexity index is 909. The van der Waals surface area contributed by atoms with Crippen molar-refractivity contribution in [1.82, 2.24) is 14.7 Å². The Morgan fingerprint density at radius 3 is 2.67 bits per heavy atom. The largest absolute Gasteiger partial charge is 0.337 e. The van der Waals surface area contributed by atoms with Crippen LogP contribution in [-0.4, -0.2) is 40.2 Å². The SMILES string of the molecule is CC1(CN)CCN(C(=O)c2cc(-c3cccs3)n(-c3ccccc3)n2)C1.Cl. The molecular weight excluding hydrogens is 380 g/mol. The lowest BCUT2D eigenvalue weighted by Gasteiger charge is -2.22. The van der Waals surface area contributed by atoms with Crippen LogP contribution in [-0.2, 0) is 0 Å². The van der Waals surface area contributed by atoms with E-state index in [4.69, 9.17) is 5.73 Å². The molecule has 2 aromatic heterocycles. The van der Waals surface area contributed by atoms with E-state index >= 15 is 0 Å². The second-order valence-corrected chi connectivity index (χ2v) is 8.08. The van der Waals surface area contributed by atoms with E-state index in [0.717, 1.165) is 29.2 Å². The van der Waals surface area contributed by atoms with Crippen molar-refractivity contribution in [3.63, 3.8) is 0 Å². The van der Waals surface area contributed by atoms with Crippen LogP contribution in [0.25, 0.3) is 16.3 Å². The maximum absolute atomic E-state index is 13.0. The second kappa shape index (κ2) is 7.84. The first-order valence-electron chi connectivity index (χ1n) is 8.78. The van der Waals surface area contributed by atoms with Crippen LogP contribution in [0.1, 0.15) is 23.8 Å². The minimum atomic E-state index is -0.0188. The summed E-state index contributed by atoms with van der Waals surface area (Å²) in [6.45, 7) is 4.16. The fourth-order valence-electron chi connectivity index (χ4n) is 3.38. The number of aromatic nitrogens is 2. The second-order valence-electron chi connectivity index (χ2n) is 7.13. The van der Waals surface area contributed by atoms with Gasteiger partial charge >= 0.3 is 0 Å². The van der Waals surface area contributed by atoms with Crippen molar-refractivity contribution in [2.75, 3.05) is 19.6 Å². The van der Waals surface area contributed by atoms with Crippen molar-refractivity contribution >= 4 is 29.7 Å². The van der Waals surface area contributed by atoms with Crippen molar-refractivity contribution < 1.29 is 4.79 Å². The zero-order valence-corrected chi connectivity index (χ0v) is 16.8. The van der Waals surface area contributed by atoms with E-state index in [9.17, 15) is 4.79 Å². The minimum absolute atomic E-state index is 0. The van der Waals surface area contributed by atoms with Crippen molar-refractivity contribution in [2.45, 2.75) is 13.3 Å². The van der Waals surface area contributed by atoms with Crippen LogP contribution in [0.5, 0.6) is 0 Å². The van der Waals surface area contributed by atoms with Gasteiger partial charge in [0.05, 0.1) is 16.3 Å². The van der Waals surface area contributed by atoms with Gasteiger partial charge in [0.15, 0.2) is 5.69 Å². The molecule has 2 N–H and O–H groups in total. The summed E-state index contributed by atoms with van der Waals surface area (Å²) in [5, 5.41) is 6.69. The summed E-state index contributed by atoms with van der Waals surface area (Å²) < 4.78 is 1.86. The van der Waals surface area contributed by atoms with Gasteiger partial charge in [-0.25, -0.2) is 4.68 Å². The molecule has 1 fully saturated rings. The third-order valence-electron chi connectivity index (χ3n) is 5.04. The van der Waals surface area contributed by atoms with Crippen molar-refractivity contribution in [2.24, 2.45) is 11.1 Å². The zero-order chi connectivity index (χ0) is 18.1. The lowest BCUT2D eigenvalue weighted by molar-refractivity contribution is 0.0770. The Kier molecular flexibility index (Phi) is 5.69. The predicted octanol–water partition coefficient (Wildman–Crippen LogP) is 3.83. The summed E-state index contributed by atoms with van der Waals surface area (Å²) in [4.78, 5) is 16.0. The van der Waals surface area contributed by atoms with Crippen LogP contribution >= 0.6 is 23.7 Å². The summed E-state index contributed by atoms with van der Waals surface area (Å²) in [6.07, 6.45) is 0.937. The molecule has 3 heterocycles. The number of nitrogens with two attached hydrogens (primary N) is 1. The number of hydrogen-bond acceptors (Lipinski definition) is 4. The van der Waals surface area contributed by atoms with Crippen LogP contribution in [0.2, 0.25) is 0 Å². The van der Waals surface area contributed by atoms with Crippen LogP contribution in [0, 0.1) is 5.41 Å². The molecule has 1 aliphatic heterocycles. The van der Waals surface area contributed by atoms with E-state index in [0.29, 0.717) is 18.8 Å². The fourth-order valence-corrected chi connectivity index (χ4v) is 4.10. The zero-order valence-electron chi connectivity index (χ0n) is 15.2. The van der Waals surface area contributed by atoms with Gasteiger partial charge in [0.2, 0.25) is 0 Å². The number of thiophene rings is 1. The molecule has 1 aliphatic rings. The highest BCUT2D eigenvalue weighted by Crippen LogP contribution is 2.31. The normalized spacial score (nSPS) is 19.1. The average molecular weight is 403 g/mol. The van der Waals surface area contributed by atoms with Gasteiger partial charge in [0.1, 0.15) is 0 Å². The van der Waals surface area contributed by atoms with Crippen LogP contribution in [0.15, 0.2) is 53.9 Å². The maximum Gasteiger partial charge on any atom is 0.274 e. The molecule has 1 unspecified atom stereocenters. The molecule has 1 amide bonds. The first kappa shape index (κ1) is 19.6. The Morgan fingerprint density at radius 1 is 1.26 bits per heavy atom. The summed E-state index contributed by atoms with van der Waals surface area (Å²) >= 11 is 1.64. The summed E-state index contributed by atoms with van der Waals surface area (Å²) in [5.41, 5.74) is 8.26. The van der Waals surface area contributed by atoms with E-state index < -0.39 is 0 Å². The number of likely N-dealkylation sites (tertiary alicyclic amines) is 1. The van der Waals surface area contributed by atoms with Gasteiger partial charge in [0.25, 0.3) is 5.91 Å². The van der Waals surface area contributed by atoms with Crippen LogP contribution in [0.3, 0.4) is 0 Å². The van der Waals surface area contributed by atoms with Crippen molar-refractivity contribution in [3.8, 4) is 16.3 Å². The van der Waals surface area contributed by atoms with Gasteiger partial charge in [-0.05, 0) is 48.0 Å². The number of carbonyl (C=O) groups excluding carboxylic acids is 1. The number of carbonyl (C=O) groups is 1. The maximum atomic E-state index is 13.0. The molecule has 142 valence electrons. The fraction of sp³-hybridized carbons (Fsp3) is 0.300. The molecule has 27 heavy (non-hydrogen) atoms.